The van der Waals surface area contributed by atoms with Crippen LogP contribution < -0.4 is 4.74 Å². The molecule has 1 aromatic rings. The molecule has 0 spiro atoms. The highest BCUT2D eigenvalue weighted by Crippen LogP contribution is 2.28. The first kappa shape index (κ1) is 22.1. The summed E-state index contributed by atoms with van der Waals surface area (Å²) in [4.78, 5) is 19.3. The van der Waals surface area contributed by atoms with Gasteiger partial charge in [0, 0.05) is 25.7 Å². The molecular weight excluding hydrogens is 362 g/mol. The van der Waals surface area contributed by atoms with Gasteiger partial charge in [-0.2, -0.15) is 0 Å². The lowest BCUT2D eigenvalue weighted by atomic mass is 9.87. The fourth-order valence-electron chi connectivity index (χ4n) is 4.80. The maximum absolute atomic E-state index is 12.3. The lowest BCUT2D eigenvalue weighted by Gasteiger charge is -2.36. The van der Waals surface area contributed by atoms with E-state index in [0.717, 1.165) is 57.9 Å². The van der Waals surface area contributed by atoms with Gasteiger partial charge in [-0.3, -0.25) is 9.69 Å². The minimum absolute atomic E-state index is 0.307. The van der Waals surface area contributed by atoms with Gasteiger partial charge < -0.3 is 14.5 Å². The number of likely N-dealkylation sites (N-methyl/N-ethyl adjacent to an activating group) is 1. The van der Waals surface area contributed by atoms with Gasteiger partial charge in [0.15, 0.2) is 0 Å². The number of piperazine rings is 1. The van der Waals surface area contributed by atoms with Crippen molar-refractivity contribution in [3.63, 3.8) is 0 Å². The molecular formula is C24H39N3O2. The Bertz CT molecular complexity index is 664. The van der Waals surface area contributed by atoms with Crippen molar-refractivity contribution in [2.24, 2.45) is 0 Å². The molecule has 1 heterocycles. The van der Waals surface area contributed by atoms with Crippen LogP contribution in [0.2, 0.25) is 0 Å². The molecule has 1 aliphatic heterocycles. The highest BCUT2D eigenvalue weighted by atomic mass is 16.5. The summed E-state index contributed by atoms with van der Waals surface area (Å²) in [6.07, 6.45) is 7.01. The van der Waals surface area contributed by atoms with Crippen LogP contribution in [0.15, 0.2) is 18.2 Å². The van der Waals surface area contributed by atoms with E-state index in [2.05, 4.69) is 46.7 Å². The fourth-order valence-corrected chi connectivity index (χ4v) is 4.80. The normalized spacial score (nSPS) is 20.2. The summed E-state index contributed by atoms with van der Waals surface area (Å²) in [5, 5.41) is 0. The third kappa shape index (κ3) is 5.95. The second-order valence-corrected chi connectivity index (χ2v) is 8.52. The summed E-state index contributed by atoms with van der Waals surface area (Å²) in [5.41, 5.74) is 2.95. The van der Waals surface area contributed by atoms with Crippen LogP contribution in [0.3, 0.4) is 0 Å². The number of benzene rings is 1. The molecule has 0 radical (unpaired) electrons. The molecule has 5 heteroatoms. The van der Waals surface area contributed by atoms with E-state index in [1.54, 1.807) is 7.11 Å². The van der Waals surface area contributed by atoms with E-state index >= 15 is 0 Å². The monoisotopic (exact) mass is 401 g/mol. The Morgan fingerprint density at radius 3 is 2.72 bits per heavy atom. The first-order valence-electron chi connectivity index (χ1n) is 11.5. The largest absolute Gasteiger partial charge is 0.497 e. The zero-order chi connectivity index (χ0) is 20.6. The third-order valence-electron chi connectivity index (χ3n) is 6.61. The zero-order valence-electron chi connectivity index (χ0n) is 18.7. The number of nitrogens with zero attached hydrogens (tertiary/aromatic N) is 3. The molecule has 29 heavy (non-hydrogen) atoms. The Kier molecular flexibility index (Phi) is 8.37. The summed E-state index contributed by atoms with van der Waals surface area (Å²) in [6, 6.07) is 7.19. The summed E-state index contributed by atoms with van der Waals surface area (Å²) in [6.45, 7) is 11.1. The summed E-state index contributed by atoms with van der Waals surface area (Å²) >= 11 is 0. The van der Waals surface area contributed by atoms with Crippen molar-refractivity contribution in [1.82, 2.24) is 14.7 Å². The number of carbonyl (C=O) groups is 1. The number of unbranched alkanes of at least 4 members (excludes halogenated alkanes) is 1. The van der Waals surface area contributed by atoms with E-state index < -0.39 is 0 Å². The predicted molar refractivity (Wildman–Crippen MR) is 119 cm³/mol. The number of methoxy groups -OCH3 is 1. The van der Waals surface area contributed by atoms with Gasteiger partial charge in [-0.15, -0.1) is 0 Å². The Balaban J connectivity index is 1.47. The van der Waals surface area contributed by atoms with Crippen LogP contribution in [0.25, 0.3) is 0 Å². The lowest BCUT2D eigenvalue weighted by Crippen LogP contribution is -2.50. The molecule has 1 aliphatic carbocycles. The van der Waals surface area contributed by atoms with E-state index in [1.165, 1.54) is 36.8 Å². The topological polar surface area (TPSA) is 36.0 Å². The standard InChI is InChI=1S/C24H39N3O2/c1-4-12-26(13-6-7-14-27-16-15-25(5-2)19-24(27)28)22-10-8-20-9-11-23(29-3)18-21(20)17-22/h9,11,18,22H,4-8,10,12-17,19H2,1-3H3. The highest BCUT2D eigenvalue weighted by molar-refractivity contribution is 5.79. The molecule has 162 valence electrons. The number of hydrogen-bond donors (Lipinski definition) is 0. The van der Waals surface area contributed by atoms with Crippen LogP contribution in [-0.2, 0) is 17.6 Å². The van der Waals surface area contributed by atoms with Crippen molar-refractivity contribution in [2.45, 2.75) is 58.4 Å². The molecule has 1 atom stereocenters. The van der Waals surface area contributed by atoms with Crippen molar-refractivity contribution in [1.29, 1.82) is 0 Å². The summed E-state index contributed by atoms with van der Waals surface area (Å²) < 4.78 is 5.43. The Labute approximate surface area is 177 Å². The van der Waals surface area contributed by atoms with Crippen LogP contribution in [0.5, 0.6) is 5.75 Å². The van der Waals surface area contributed by atoms with Crippen LogP contribution in [-0.4, -0.2) is 79.6 Å². The Morgan fingerprint density at radius 2 is 2.00 bits per heavy atom. The molecule has 0 bridgehead atoms. The van der Waals surface area contributed by atoms with Crippen molar-refractivity contribution in [3.05, 3.63) is 29.3 Å². The molecule has 1 aromatic carbocycles. The van der Waals surface area contributed by atoms with Crippen LogP contribution in [0.4, 0.5) is 0 Å². The van der Waals surface area contributed by atoms with Gasteiger partial charge in [-0.25, -0.2) is 0 Å². The van der Waals surface area contributed by atoms with Crippen LogP contribution in [0, 0.1) is 0 Å². The molecule has 2 aliphatic rings. The minimum atomic E-state index is 0.307. The van der Waals surface area contributed by atoms with Crippen LogP contribution in [0.1, 0.15) is 50.7 Å². The van der Waals surface area contributed by atoms with Crippen molar-refractivity contribution in [2.75, 3.05) is 52.9 Å². The van der Waals surface area contributed by atoms with E-state index in [4.69, 9.17) is 4.74 Å². The van der Waals surface area contributed by atoms with Gasteiger partial charge in [0.1, 0.15) is 5.75 Å². The molecule has 1 fully saturated rings. The predicted octanol–water partition coefficient (Wildman–Crippen LogP) is 3.21. The first-order chi connectivity index (χ1) is 14.1. The maximum Gasteiger partial charge on any atom is 0.236 e. The van der Waals surface area contributed by atoms with Gasteiger partial charge in [-0.05, 0) is 81.4 Å². The van der Waals surface area contributed by atoms with Gasteiger partial charge in [0.05, 0.1) is 13.7 Å². The van der Waals surface area contributed by atoms with Gasteiger partial charge in [-0.1, -0.05) is 19.9 Å². The van der Waals surface area contributed by atoms with Crippen molar-refractivity contribution >= 4 is 5.91 Å². The van der Waals surface area contributed by atoms with E-state index in [9.17, 15) is 4.79 Å². The molecule has 1 saturated heterocycles. The van der Waals surface area contributed by atoms with Crippen molar-refractivity contribution in [3.8, 4) is 5.75 Å². The second kappa shape index (κ2) is 11.0. The number of aryl methyl sites for hydroxylation is 1. The lowest BCUT2D eigenvalue weighted by molar-refractivity contribution is -0.135. The van der Waals surface area contributed by atoms with E-state index in [0.29, 0.717) is 18.5 Å². The summed E-state index contributed by atoms with van der Waals surface area (Å²) in [7, 11) is 1.75. The molecule has 0 N–H and O–H groups in total. The Morgan fingerprint density at radius 1 is 1.14 bits per heavy atom. The van der Waals surface area contributed by atoms with E-state index in [1.807, 2.05) is 0 Å². The average Bonchev–Trinajstić information content (AvgIpc) is 2.75. The molecule has 0 aromatic heterocycles. The summed E-state index contributed by atoms with van der Waals surface area (Å²) in [5.74, 6) is 1.28. The zero-order valence-corrected chi connectivity index (χ0v) is 18.7. The quantitative estimate of drug-likeness (QED) is 0.564. The highest BCUT2D eigenvalue weighted by Gasteiger charge is 2.25. The molecule has 3 rings (SSSR count). The number of hydrogen-bond acceptors (Lipinski definition) is 4. The second-order valence-electron chi connectivity index (χ2n) is 8.52. The smallest absolute Gasteiger partial charge is 0.236 e. The van der Waals surface area contributed by atoms with Crippen molar-refractivity contribution < 1.29 is 9.53 Å². The number of ether oxygens (including phenoxy) is 1. The number of fused-ring (bicyclic) bond motifs is 1. The van der Waals surface area contributed by atoms with Gasteiger partial charge >= 0.3 is 0 Å². The molecule has 1 unspecified atom stereocenters. The SMILES string of the molecule is CCCN(CCCCN1CCN(CC)CC1=O)C1CCc2ccc(OC)cc2C1. The number of amides is 1. The molecule has 5 nitrogen and oxygen atoms in total. The van der Waals surface area contributed by atoms with E-state index in [-0.39, 0.29) is 0 Å². The third-order valence-corrected chi connectivity index (χ3v) is 6.61. The molecule has 0 saturated carbocycles. The number of rotatable bonds is 10. The Hall–Kier alpha value is -1.59. The average molecular weight is 402 g/mol. The number of carbonyl (C=O) groups excluding carboxylic acids is 1. The fraction of sp³-hybridized carbons (Fsp3) is 0.708. The minimum Gasteiger partial charge on any atom is -0.497 e. The van der Waals surface area contributed by atoms with Gasteiger partial charge in [0.25, 0.3) is 0 Å². The first-order valence-corrected chi connectivity index (χ1v) is 11.5. The molecule has 1 amide bonds. The van der Waals surface area contributed by atoms with Gasteiger partial charge in [0.2, 0.25) is 5.91 Å². The van der Waals surface area contributed by atoms with Crippen LogP contribution >= 0.6 is 0 Å². The maximum atomic E-state index is 12.3.